The largest absolute Gasteiger partial charge is 0.494 e. The predicted molar refractivity (Wildman–Crippen MR) is 149 cm³/mol. The van der Waals surface area contributed by atoms with Crippen LogP contribution in [-0.2, 0) is 0 Å². The standard InChI is InChI=1S/C16H11ClN4O2.C11H9FN2O2S/c17-12-10-11(21-15(22)13-4-1-2-7-18-13)5-6-14(12)23-16-19-8-3-9-20-16;1-16-9-6-7(2-3-8(9)12)14-10(15)11-13-4-5-17-11/h1-10H,(H,21,22);2-6H,1H3,(H,14,15). The molecule has 0 fully saturated rings. The second kappa shape index (κ2) is 13.7. The van der Waals surface area contributed by atoms with Crippen molar-refractivity contribution in [3.05, 3.63) is 112 Å². The maximum absolute atomic E-state index is 13.1. The number of methoxy groups -OCH3 is 1. The number of rotatable bonds is 7. The molecule has 40 heavy (non-hydrogen) atoms. The van der Waals surface area contributed by atoms with E-state index < -0.39 is 5.82 Å². The Morgan fingerprint density at radius 2 is 1.55 bits per heavy atom. The Bertz CT molecular complexity index is 1580. The van der Waals surface area contributed by atoms with Crippen LogP contribution in [0.5, 0.6) is 17.5 Å². The molecule has 0 aliphatic rings. The number of aromatic nitrogens is 4. The van der Waals surface area contributed by atoms with Crippen LogP contribution in [-0.4, -0.2) is 38.9 Å². The Morgan fingerprint density at radius 1 is 0.825 bits per heavy atom. The number of hydrogen-bond donors (Lipinski definition) is 2. The van der Waals surface area contributed by atoms with E-state index >= 15 is 0 Å². The van der Waals surface area contributed by atoms with E-state index in [0.29, 0.717) is 32.8 Å². The molecule has 0 saturated carbocycles. The second-order valence-corrected chi connectivity index (χ2v) is 8.89. The molecule has 10 nitrogen and oxygen atoms in total. The maximum atomic E-state index is 13.1. The first-order valence-corrected chi connectivity index (χ1v) is 12.7. The van der Waals surface area contributed by atoms with E-state index in [9.17, 15) is 14.0 Å². The molecule has 3 aromatic heterocycles. The van der Waals surface area contributed by atoms with Crippen molar-refractivity contribution in [2.24, 2.45) is 0 Å². The van der Waals surface area contributed by atoms with E-state index in [1.807, 2.05) is 0 Å². The van der Waals surface area contributed by atoms with Gasteiger partial charge in [0.25, 0.3) is 11.8 Å². The lowest BCUT2D eigenvalue weighted by Crippen LogP contribution is -2.13. The highest BCUT2D eigenvalue weighted by Gasteiger charge is 2.11. The number of benzene rings is 2. The van der Waals surface area contributed by atoms with Crippen LogP contribution in [0.15, 0.2) is 90.8 Å². The van der Waals surface area contributed by atoms with Gasteiger partial charge in [0.15, 0.2) is 16.6 Å². The zero-order valence-electron chi connectivity index (χ0n) is 20.7. The number of carbonyl (C=O) groups is 2. The number of halogens is 2. The van der Waals surface area contributed by atoms with Gasteiger partial charge in [-0.3, -0.25) is 14.6 Å². The summed E-state index contributed by atoms with van der Waals surface area (Å²) >= 11 is 7.40. The monoisotopic (exact) mass is 578 g/mol. The first-order chi connectivity index (χ1) is 19.4. The zero-order valence-corrected chi connectivity index (χ0v) is 22.3. The number of hydrogen-bond acceptors (Lipinski definition) is 9. The van der Waals surface area contributed by atoms with Gasteiger partial charge in [0.1, 0.15) is 11.4 Å². The molecule has 2 N–H and O–H groups in total. The number of nitrogens with one attached hydrogen (secondary N) is 2. The third kappa shape index (κ3) is 7.79. The van der Waals surface area contributed by atoms with Crippen molar-refractivity contribution in [2.45, 2.75) is 0 Å². The minimum atomic E-state index is -0.472. The fourth-order valence-electron chi connectivity index (χ4n) is 3.05. The molecule has 2 aromatic carbocycles. The van der Waals surface area contributed by atoms with Gasteiger partial charge in [-0.15, -0.1) is 11.3 Å². The summed E-state index contributed by atoms with van der Waals surface area (Å²) in [4.78, 5) is 39.5. The number of carbonyl (C=O) groups excluding carboxylic acids is 2. The highest BCUT2D eigenvalue weighted by molar-refractivity contribution is 7.11. The van der Waals surface area contributed by atoms with Gasteiger partial charge in [-0.25, -0.2) is 19.3 Å². The van der Waals surface area contributed by atoms with Crippen LogP contribution in [0, 0.1) is 5.82 Å². The van der Waals surface area contributed by atoms with Crippen LogP contribution in [0.2, 0.25) is 5.02 Å². The van der Waals surface area contributed by atoms with Gasteiger partial charge in [0.2, 0.25) is 0 Å². The van der Waals surface area contributed by atoms with E-state index in [-0.39, 0.29) is 23.6 Å². The van der Waals surface area contributed by atoms with Gasteiger partial charge in [-0.1, -0.05) is 17.7 Å². The van der Waals surface area contributed by atoms with Crippen molar-refractivity contribution < 1.29 is 23.5 Å². The third-order valence-corrected chi connectivity index (χ3v) is 5.93. The maximum Gasteiger partial charge on any atom is 0.321 e. The minimum absolute atomic E-state index is 0.0851. The normalized spacial score (nSPS) is 10.1. The zero-order chi connectivity index (χ0) is 28.3. The lowest BCUT2D eigenvalue weighted by Gasteiger charge is -2.08. The Balaban J connectivity index is 0.000000194. The van der Waals surface area contributed by atoms with Crippen LogP contribution < -0.4 is 20.1 Å². The number of nitrogens with zero attached hydrogens (tertiary/aromatic N) is 4. The molecule has 5 aromatic rings. The molecule has 0 bridgehead atoms. The van der Waals surface area contributed by atoms with Gasteiger partial charge in [-0.2, -0.15) is 0 Å². The molecular weight excluding hydrogens is 559 g/mol. The lowest BCUT2D eigenvalue weighted by atomic mass is 10.2. The van der Waals surface area contributed by atoms with E-state index in [0.717, 1.165) is 0 Å². The van der Waals surface area contributed by atoms with E-state index in [1.54, 1.807) is 72.6 Å². The summed E-state index contributed by atoms with van der Waals surface area (Å²) in [5.41, 5.74) is 1.32. The molecule has 0 aliphatic heterocycles. The summed E-state index contributed by atoms with van der Waals surface area (Å²) < 4.78 is 23.4. The van der Waals surface area contributed by atoms with Gasteiger partial charge < -0.3 is 20.1 Å². The smallest absolute Gasteiger partial charge is 0.321 e. The molecule has 2 amide bonds. The van der Waals surface area contributed by atoms with Crippen molar-refractivity contribution in [1.29, 1.82) is 0 Å². The molecule has 5 rings (SSSR count). The molecule has 0 saturated heterocycles. The molecule has 202 valence electrons. The molecule has 0 aliphatic carbocycles. The highest BCUT2D eigenvalue weighted by Crippen LogP contribution is 2.30. The van der Waals surface area contributed by atoms with Crippen molar-refractivity contribution in [1.82, 2.24) is 19.9 Å². The lowest BCUT2D eigenvalue weighted by molar-refractivity contribution is 0.101. The third-order valence-electron chi connectivity index (χ3n) is 4.87. The number of anilines is 2. The highest BCUT2D eigenvalue weighted by atomic mass is 35.5. The Hall–Kier alpha value is -4.94. The van der Waals surface area contributed by atoms with E-state index in [4.69, 9.17) is 21.1 Å². The van der Waals surface area contributed by atoms with Crippen LogP contribution in [0.25, 0.3) is 0 Å². The van der Waals surface area contributed by atoms with Gasteiger partial charge in [0.05, 0.1) is 12.1 Å². The Kier molecular flexibility index (Phi) is 9.64. The Morgan fingerprint density at radius 3 is 2.23 bits per heavy atom. The first kappa shape index (κ1) is 28.1. The average Bonchev–Trinajstić information content (AvgIpc) is 3.52. The van der Waals surface area contributed by atoms with Crippen molar-refractivity contribution in [2.75, 3.05) is 17.7 Å². The molecule has 13 heteroatoms. The van der Waals surface area contributed by atoms with Crippen LogP contribution in [0.1, 0.15) is 20.3 Å². The number of thiazole rings is 1. The Labute approximate surface area is 236 Å². The summed E-state index contributed by atoms with van der Waals surface area (Å²) in [5, 5.41) is 7.72. The second-order valence-electron chi connectivity index (χ2n) is 7.59. The fourth-order valence-corrected chi connectivity index (χ4v) is 3.80. The van der Waals surface area contributed by atoms with Crippen LogP contribution in [0.3, 0.4) is 0 Å². The number of pyridine rings is 1. The topological polar surface area (TPSA) is 128 Å². The first-order valence-electron chi connectivity index (χ1n) is 11.4. The molecular formula is C27H20ClFN6O4S. The summed E-state index contributed by atoms with van der Waals surface area (Å²) in [7, 11) is 1.37. The summed E-state index contributed by atoms with van der Waals surface area (Å²) in [6, 6.07) is 16.0. The van der Waals surface area contributed by atoms with Crippen molar-refractivity contribution in [3.63, 3.8) is 0 Å². The summed E-state index contributed by atoms with van der Waals surface area (Å²) in [5.74, 6) is -0.634. The van der Waals surface area contributed by atoms with Crippen LogP contribution >= 0.6 is 22.9 Å². The molecule has 0 atom stereocenters. The van der Waals surface area contributed by atoms with Crippen LogP contribution in [0.4, 0.5) is 15.8 Å². The van der Waals surface area contributed by atoms with Gasteiger partial charge in [-0.05, 0) is 48.5 Å². The molecule has 0 radical (unpaired) electrons. The van der Waals surface area contributed by atoms with Gasteiger partial charge in [0, 0.05) is 47.6 Å². The molecule has 0 spiro atoms. The van der Waals surface area contributed by atoms with Crippen molar-refractivity contribution in [3.8, 4) is 17.5 Å². The number of amides is 2. The fraction of sp³-hybridized carbons (Fsp3) is 0.0370. The summed E-state index contributed by atoms with van der Waals surface area (Å²) in [6.07, 6.45) is 6.24. The average molecular weight is 579 g/mol. The van der Waals surface area contributed by atoms with E-state index in [2.05, 4.69) is 30.6 Å². The minimum Gasteiger partial charge on any atom is -0.494 e. The van der Waals surface area contributed by atoms with Gasteiger partial charge >= 0.3 is 6.01 Å². The predicted octanol–water partition coefficient (Wildman–Crippen LogP) is 6.11. The molecule has 3 heterocycles. The summed E-state index contributed by atoms with van der Waals surface area (Å²) in [6.45, 7) is 0. The van der Waals surface area contributed by atoms with E-state index in [1.165, 1.54) is 36.6 Å². The van der Waals surface area contributed by atoms with Crippen molar-refractivity contribution >= 4 is 46.1 Å². The molecule has 0 unspecified atom stereocenters. The number of ether oxygens (including phenoxy) is 2. The SMILES string of the molecule is COc1cc(NC(=O)c2nccs2)ccc1F.O=C(Nc1ccc(Oc2ncccn2)c(Cl)c1)c1ccccn1. The quantitative estimate of drug-likeness (QED) is 0.237.